The van der Waals surface area contributed by atoms with Crippen molar-refractivity contribution in [2.24, 2.45) is 11.5 Å². The van der Waals surface area contributed by atoms with Crippen molar-refractivity contribution >= 4 is 13.8 Å². The van der Waals surface area contributed by atoms with Gasteiger partial charge in [0.2, 0.25) is 0 Å². The number of quaternary nitrogens is 1. The van der Waals surface area contributed by atoms with E-state index in [1.165, 1.54) is 77.0 Å². The fourth-order valence-corrected chi connectivity index (χ4v) is 4.99. The molecule has 0 amide bonds. The third-order valence-electron chi connectivity index (χ3n) is 7.79. The number of hydrogen-bond acceptors (Lipinski definition) is 8. The molecule has 41 heavy (non-hydrogen) atoms. The Balaban J connectivity index is -0.000000637. The number of rotatable bonds is 15. The Labute approximate surface area is 265 Å². The summed E-state index contributed by atoms with van der Waals surface area (Å²) in [7, 11) is -2.93. The molecule has 2 fully saturated rings. The van der Waals surface area contributed by atoms with E-state index in [0.717, 1.165) is 43.3 Å². The van der Waals surface area contributed by atoms with Gasteiger partial charge >= 0.3 is 21.1 Å². The number of hydrogen-bond donors (Lipinski definition) is 4. The van der Waals surface area contributed by atoms with Crippen molar-refractivity contribution in [2.45, 2.75) is 154 Å². The Morgan fingerprint density at radius 1 is 0.805 bits per heavy atom. The van der Waals surface area contributed by atoms with Crippen LogP contribution in [0.25, 0.3) is 0 Å². The fraction of sp³-hybridized carbons (Fsp3) is 0.966. The molecule has 2 rings (SSSR count). The first-order valence-corrected chi connectivity index (χ1v) is 17.1. The quantitative estimate of drug-likeness (QED) is 0.110. The Hall–Kier alpha value is 0.108. The molecular formula is C29H62N3O7PPt. The van der Waals surface area contributed by atoms with E-state index in [1.807, 2.05) is 6.92 Å². The van der Waals surface area contributed by atoms with E-state index >= 15 is 0 Å². The first kappa shape index (κ1) is 45.5. The maximum Gasteiger partial charge on any atom is 2.00 e. The minimum atomic E-state index is -5.14. The molecule has 6 N–H and O–H groups in total. The SMILES string of the molecule is CCCCC[N+](C)(CCCCC)CCC(O)(CCCC)C(=O)[O-].NC1CCCC1.NC1CCCC1.O=P([O-])([O-])O.[Pt+2]. The van der Waals surface area contributed by atoms with Crippen LogP contribution in [0.4, 0.5) is 0 Å². The summed E-state index contributed by atoms with van der Waals surface area (Å²) in [6.07, 6.45) is 19.8. The van der Waals surface area contributed by atoms with E-state index < -0.39 is 19.4 Å². The van der Waals surface area contributed by atoms with Crippen LogP contribution in [0, 0.1) is 0 Å². The monoisotopic (exact) mass is 790 g/mol. The van der Waals surface area contributed by atoms with E-state index in [1.54, 1.807) is 0 Å². The van der Waals surface area contributed by atoms with Crippen LogP contribution in [-0.2, 0) is 30.4 Å². The Morgan fingerprint density at radius 3 is 1.39 bits per heavy atom. The number of carbonyl (C=O) groups excluding carboxylic acids is 1. The van der Waals surface area contributed by atoms with E-state index in [4.69, 9.17) is 30.7 Å². The summed E-state index contributed by atoms with van der Waals surface area (Å²) in [5.41, 5.74) is 9.41. The maximum atomic E-state index is 11.4. The molecule has 1 unspecified atom stereocenters. The average Bonchev–Trinajstić information content (AvgIpc) is 3.55. The van der Waals surface area contributed by atoms with Gasteiger partial charge in [-0.25, -0.2) is 0 Å². The zero-order valence-corrected chi connectivity index (χ0v) is 29.5. The molecule has 0 aromatic heterocycles. The van der Waals surface area contributed by atoms with Crippen LogP contribution in [0.1, 0.15) is 136 Å². The molecular weight excluding hydrogens is 728 g/mol. The molecule has 2 aliphatic carbocycles. The van der Waals surface area contributed by atoms with Gasteiger partial charge in [0.15, 0.2) is 0 Å². The van der Waals surface area contributed by atoms with Crippen molar-refractivity contribution in [1.29, 1.82) is 0 Å². The molecule has 0 aromatic carbocycles. The van der Waals surface area contributed by atoms with Crippen LogP contribution in [-0.4, -0.2) is 64.8 Å². The molecule has 0 radical (unpaired) electrons. The number of aliphatic carboxylic acids is 1. The number of aliphatic hydroxyl groups is 1. The first-order chi connectivity index (χ1) is 18.6. The third kappa shape index (κ3) is 29.9. The molecule has 2 aliphatic rings. The van der Waals surface area contributed by atoms with Crippen molar-refractivity contribution < 1.29 is 59.8 Å². The number of unbranched alkanes of at least 4 members (excludes halogenated alkanes) is 5. The summed E-state index contributed by atoms with van der Waals surface area (Å²) < 4.78 is 9.52. The van der Waals surface area contributed by atoms with Gasteiger partial charge in [0.05, 0.1) is 40.5 Å². The second-order valence-electron chi connectivity index (χ2n) is 11.9. The minimum absolute atomic E-state index is 0. The predicted molar refractivity (Wildman–Crippen MR) is 157 cm³/mol. The summed E-state index contributed by atoms with van der Waals surface area (Å²) in [6, 6.07) is 1.09. The minimum Gasteiger partial charge on any atom is -0.790 e. The first-order valence-electron chi connectivity index (χ1n) is 15.7. The number of carbonyl (C=O) groups is 1. The Morgan fingerprint density at radius 2 is 1.15 bits per heavy atom. The summed E-state index contributed by atoms with van der Waals surface area (Å²) in [5, 5.41) is 21.9. The van der Waals surface area contributed by atoms with Crippen LogP contribution < -0.4 is 26.4 Å². The van der Waals surface area contributed by atoms with Crippen LogP contribution >= 0.6 is 7.82 Å². The Kier molecular flexibility index (Phi) is 29.4. The van der Waals surface area contributed by atoms with Gasteiger partial charge in [0, 0.05) is 18.5 Å². The van der Waals surface area contributed by atoms with Gasteiger partial charge in [-0.05, 0) is 57.8 Å². The number of carboxylic acid groups (broad SMARTS) is 1. The molecule has 0 saturated heterocycles. The average molecular weight is 791 g/mol. The standard InChI is InChI=1S/C19H39NO3.2C5H11N.H3O4P.Pt/c1-5-8-11-15-20(4,16-12-9-6-2)17-14-19(23,18(21)22)13-10-7-3;2*6-5-3-1-2-4-5;1-5(2,3)4;/h23H,5-17H2,1-4H3;2*5H,1-4,6H2;(H3,1,2,3,4);/q;;;;+2/p-2. The van der Waals surface area contributed by atoms with Gasteiger partial charge < -0.3 is 50.2 Å². The summed E-state index contributed by atoms with van der Waals surface area (Å²) >= 11 is 0. The van der Waals surface area contributed by atoms with E-state index in [-0.39, 0.29) is 21.1 Å². The van der Waals surface area contributed by atoms with Crippen LogP contribution in [0.2, 0.25) is 0 Å². The van der Waals surface area contributed by atoms with E-state index in [0.29, 0.717) is 31.5 Å². The number of carboxylic acids is 1. The normalized spacial score (nSPS) is 17.1. The van der Waals surface area contributed by atoms with Crippen molar-refractivity contribution in [3.63, 3.8) is 0 Å². The summed E-state index contributed by atoms with van der Waals surface area (Å²) in [5.74, 6) is -1.31. The van der Waals surface area contributed by atoms with Crippen LogP contribution in [0.15, 0.2) is 0 Å². The second-order valence-corrected chi connectivity index (χ2v) is 12.9. The Bertz CT molecular complexity index is 628. The van der Waals surface area contributed by atoms with Crippen molar-refractivity contribution in [1.82, 2.24) is 0 Å². The zero-order valence-electron chi connectivity index (χ0n) is 26.3. The van der Waals surface area contributed by atoms with Crippen molar-refractivity contribution in [3.8, 4) is 0 Å². The van der Waals surface area contributed by atoms with Crippen molar-refractivity contribution in [2.75, 3.05) is 26.7 Å². The molecule has 0 aliphatic heterocycles. The molecule has 1 atom stereocenters. The maximum absolute atomic E-state index is 11.4. The van der Waals surface area contributed by atoms with E-state index in [9.17, 15) is 15.0 Å². The zero-order chi connectivity index (χ0) is 31.1. The van der Waals surface area contributed by atoms with Crippen LogP contribution in [0.3, 0.4) is 0 Å². The molecule has 10 nitrogen and oxygen atoms in total. The van der Waals surface area contributed by atoms with Gasteiger partial charge in [-0.1, -0.05) is 72.1 Å². The van der Waals surface area contributed by atoms with Gasteiger partial charge in [-0.2, -0.15) is 0 Å². The van der Waals surface area contributed by atoms with Gasteiger partial charge in [0.25, 0.3) is 0 Å². The van der Waals surface area contributed by atoms with Gasteiger partial charge in [0.1, 0.15) is 5.60 Å². The molecule has 0 spiro atoms. The van der Waals surface area contributed by atoms with Gasteiger partial charge in [-0.15, -0.1) is 0 Å². The molecule has 0 heterocycles. The summed E-state index contributed by atoms with van der Waals surface area (Å²) in [6.45, 7) is 9.23. The molecule has 2 saturated carbocycles. The number of nitrogens with two attached hydrogens (primary N) is 2. The fourth-order valence-electron chi connectivity index (χ4n) is 4.99. The number of nitrogens with zero attached hydrogens (tertiary/aromatic N) is 1. The molecule has 12 heteroatoms. The van der Waals surface area contributed by atoms with Gasteiger partial charge in [-0.3, -0.25) is 0 Å². The summed E-state index contributed by atoms with van der Waals surface area (Å²) in [4.78, 5) is 35.7. The largest absolute Gasteiger partial charge is 2.00 e. The molecule has 0 bridgehead atoms. The topological polar surface area (TPSA) is 196 Å². The number of phosphoric acid groups is 1. The second kappa shape index (κ2) is 26.5. The predicted octanol–water partition coefficient (Wildman–Crippen LogP) is 2.46. The third-order valence-corrected chi connectivity index (χ3v) is 7.79. The smallest absolute Gasteiger partial charge is 0.790 e. The molecule has 0 aromatic rings. The molecule has 250 valence electrons. The van der Waals surface area contributed by atoms with E-state index in [2.05, 4.69) is 20.9 Å². The van der Waals surface area contributed by atoms with Crippen LogP contribution in [0.5, 0.6) is 0 Å². The van der Waals surface area contributed by atoms with Crippen molar-refractivity contribution in [3.05, 3.63) is 0 Å².